The van der Waals surface area contributed by atoms with Crippen LogP contribution in [0.25, 0.3) is 17.0 Å². The summed E-state index contributed by atoms with van der Waals surface area (Å²) in [5.74, 6) is 0.263. The smallest absolute Gasteiger partial charge is 0.258 e. The average Bonchev–Trinajstić information content (AvgIpc) is 2.90. The molecule has 3 rings (SSSR count). The first-order valence-corrected chi connectivity index (χ1v) is 5.81. The second-order valence-electron chi connectivity index (χ2n) is 4.16. The van der Waals surface area contributed by atoms with Crippen molar-refractivity contribution in [3.63, 3.8) is 0 Å². The SMILES string of the molecule is O=[N+]([O-])c1ccc(-c2nc3c([N+](=O)[O-])cccn3n2)cc1. The van der Waals surface area contributed by atoms with Crippen molar-refractivity contribution in [1.82, 2.24) is 14.6 Å². The summed E-state index contributed by atoms with van der Waals surface area (Å²) in [6, 6.07) is 8.49. The van der Waals surface area contributed by atoms with Crippen LogP contribution in [-0.2, 0) is 0 Å². The van der Waals surface area contributed by atoms with Gasteiger partial charge in [-0.25, -0.2) is 9.50 Å². The maximum atomic E-state index is 10.9. The molecule has 9 heteroatoms. The van der Waals surface area contributed by atoms with E-state index >= 15 is 0 Å². The van der Waals surface area contributed by atoms with Crippen molar-refractivity contribution in [3.8, 4) is 11.4 Å². The van der Waals surface area contributed by atoms with Gasteiger partial charge in [0, 0.05) is 30.0 Å². The molecule has 0 fully saturated rings. The van der Waals surface area contributed by atoms with Gasteiger partial charge >= 0.3 is 5.69 Å². The van der Waals surface area contributed by atoms with E-state index in [9.17, 15) is 20.2 Å². The van der Waals surface area contributed by atoms with Crippen LogP contribution in [0.1, 0.15) is 0 Å². The quantitative estimate of drug-likeness (QED) is 0.538. The second-order valence-corrected chi connectivity index (χ2v) is 4.16. The van der Waals surface area contributed by atoms with E-state index in [2.05, 4.69) is 10.1 Å². The zero-order valence-corrected chi connectivity index (χ0v) is 10.4. The first-order valence-electron chi connectivity index (χ1n) is 5.81. The molecule has 21 heavy (non-hydrogen) atoms. The molecular weight excluding hydrogens is 278 g/mol. The van der Waals surface area contributed by atoms with Crippen LogP contribution in [-0.4, -0.2) is 24.4 Å². The Bertz CT molecular complexity index is 856. The number of nitrogens with zero attached hydrogens (tertiary/aromatic N) is 5. The largest absolute Gasteiger partial charge is 0.313 e. The monoisotopic (exact) mass is 285 g/mol. The minimum atomic E-state index is -0.538. The van der Waals surface area contributed by atoms with E-state index in [4.69, 9.17) is 0 Å². The number of nitro groups is 2. The fraction of sp³-hybridized carbons (Fsp3) is 0. The summed E-state index contributed by atoms with van der Waals surface area (Å²) in [5, 5.41) is 25.7. The molecule has 9 nitrogen and oxygen atoms in total. The lowest BCUT2D eigenvalue weighted by molar-refractivity contribution is -0.384. The van der Waals surface area contributed by atoms with E-state index in [1.807, 2.05) is 0 Å². The maximum Gasteiger partial charge on any atom is 0.313 e. The molecule has 0 aliphatic heterocycles. The van der Waals surface area contributed by atoms with Gasteiger partial charge in [0.05, 0.1) is 9.85 Å². The molecule has 0 saturated heterocycles. The molecular formula is C12H7N5O4. The molecule has 2 aromatic heterocycles. The first kappa shape index (κ1) is 12.7. The third kappa shape index (κ3) is 2.16. The molecule has 0 N–H and O–H groups in total. The molecule has 3 aromatic rings. The van der Waals surface area contributed by atoms with Crippen LogP contribution in [0.3, 0.4) is 0 Å². The summed E-state index contributed by atoms with van der Waals surface area (Å²) in [4.78, 5) is 24.6. The number of nitro benzene ring substituents is 1. The van der Waals surface area contributed by atoms with Gasteiger partial charge in [-0.15, -0.1) is 5.10 Å². The highest BCUT2D eigenvalue weighted by molar-refractivity contribution is 5.65. The van der Waals surface area contributed by atoms with Crippen molar-refractivity contribution in [2.75, 3.05) is 0 Å². The molecule has 0 bridgehead atoms. The average molecular weight is 285 g/mol. The van der Waals surface area contributed by atoms with Crippen LogP contribution in [0.4, 0.5) is 11.4 Å². The Morgan fingerprint density at radius 2 is 1.71 bits per heavy atom. The van der Waals surface area contributed by atoms with Gasteiger partial charge in [0.15, 0.2) is 5.82 Å². The number of pyridine rings is 1. The van der Waals surface area contributed by atoms with Crippen LogP contribution in [0, 0.1) is 20.2 Å². The molecule has 0 atom stereocenters. The molecule has 0 amide bonds. The predicted molar refractivity (Wildman–Crippen MR) is 71.7 cm³/mol. The Balaban J connectivity index is 2.11. The van der Waals surface area contributed by atoms with Crippen molar-refractivity contribution >= 4 is 17.0 Å². The lowest BCUT2D eigenvalue weighted by atomic mass is 10.2. The van der Waals surface area contributed by atoms with Gasteiger partial charge in [-0.05, 0) is 18.2 Å². The Hall–Kier alpha value is -3.36. The van der Waals surface area contributed by atoms with E-state index in [0.717, 1.165) is 0 Å². The number of aromatic nitrogens is 3. The standard InChI is InChI=1S/C12H7N5O4/c18-16(19)9-5-3-8(4-6-9)11-13-12-10(17(20)21)2-1-7-15(12)14-11/h1-7H. The van der Waals surface area contributed by atoms with Gasteiger partial charge in [0.25, 0.3) is 5.69 Å². The van der Waals surface area contributed by atoms with Crippen LogP contribution < -0.4 is 0 Å². The van der Waals surface area contributed by atoms with E-state index in [-0.39, 0.29) is 22.8 Å². The fourth-order valence-electron chi connectivity index (χ4n) is 1.89. The third-order valence-corrected chi connectivity index (χ3v) is 2.87. The topological polar surface area (TPSA) is 116 Å². The molecule has 104 valence electrons. The van der Waals surface area contributed by atoms with Crippen molar-refractivity contribution in [3.05, 3.63) is 62.8 Å². The van der Waals surface area contributed by atoms with Crippen LogP contribution in [0.5, 0.6) is 0 Å². The summed E-state index contributed by atoms with van der Waals surface area (Å²) in [6.45, 7) is 0. The lowest BCUT2D eigenvalue weighted by Crippen LogP contribution is -1.93. The highest BCUT2D eigenvalue weighted by Crippen LogP contribution is 2.23. The number of hydrogen-bond acceptors (Lipinski definition) is 6. The molecule has 1 aromatic carbocycles. The Labute approximate surface area is 116 Å². The highest BCUT2D eigenvalue weighted by Gasteiger charge is 2.17. The predicted octanol–water partition coefficient (Wildman–Crippen LogP) is 2.21. The summed E-state index contributed by atoms with van der Waals surface area (Å²) in [5.41, 5.74) is 0.459. The van der Waals surface area contributed by atoms with E-state index in [1.165, 1.54) is 40.9 Å². The van der Waals surface area contributed by atoms with Gasteiger partial charge in [-0.1, -0.05) is 0 Å². The third-order valence-electron chi connectivity index (χ3n) is 2.87. The van der Waals surface area contributed by atoms with E-state index < -0.39 is 9.85 Å². The van der Waals surface area contributed by atoms with E-state index in [1.54, 1.807) is 6.20 Å². The summed E-state index contributed by atoms with van der Waals surface area (Å²) >= 11 is 0. The summed E-state index contributed by atoms with van der Waals surface area (Å²) in [7, 11) is 0. The number of fused-ring (bicyclic) bond motifs is 1. The van der Waals surface area contributed by atoms with Crippen molar-refractivity contribution < 1.29 is 9.85 Å². The van der Waals surface area contributed by atoms with Gasteiger partial charge < -0.3 is 0 Å². The van der Waals surface area contributed by atoms with Crippen LogP contribution in [0.15, 0.2) is 42.6 Å². The molecule has 0 aliphatic carbocycles. The van der Waals surface area contributed by atoms with Crippen molar-refractivity contribution in [2.24, 2.45) is 0 Å². The number of rotatable bonds is 3. The van der Waals surface area contributed by atoms with Crippen LogP contribution >= 0.6 is 0 Å². The van der Waals surface area contributed by atoms with Gasteiger partial charge in [0.1, 0.15) is 0 Å². The molecule has 2 heterocycles. The highest BCUT2D eigenvalue weighted by atomic mass is 16.6. The van der Waals surface area contributed by atoms with Gasteiger partial charge in [-0.3, -0.25) is 20.2 Å². The second kappa shape index (κ2) is 4.63. The Morgan fingerprint density at radius 3 is 2.33 bits per heavy atom. The minimum absolute atomic E-state index is 0.0477. The molecule has 0 saturated carbocycles. The van der Waals surface area contributed by atoms with Crippen LogP contribution in [0.2, 0.25) is 0 Å². The van der Waals surface area contributed by atoms with Gasteiger partial charge in [-0.2, -0.15) is 0 Å². The van der Waals surface area contributed by atoms with E-state index in [0.29, 0.717) is 5.56 Å². The fourth-order valence-corrected chi connectivity index (χ4v) is 1.89. The molecule has 0 spiro atoms. The van der Waals surface area contributed by atoms with Crippen molar-refractivity contribution in [2.45, 2.75) is 0 Å². The molecule has 0 unspecified atom stereocenters. The zero-order valence-electron chi connectivity index (χ0n) is 10.4. The maximum absolute atomic E-state index is 10.9. The minimum Gasteiger partial charge on any atom is -0.258 e. The normalized spacial score (nSPS) is 10.7. The number of benzene rings is 1. The Kier molecular flexibility index (Phi) is 2.79. The molecule has 0 aliphatic rings. The summed E-state index contributed by atoms with van der Waals surface area (Å²) in [6.07, 6.45) is 1.55. The number of non-ortho nitro benzene ring substituents is 1. The Morgan fingerprint density at radius 1 is 1.00 bits per heavy atom. The lowest BCUT2D eigenvalue weighted by Gasteiger charge is -1.94. The van der Waals surface area contributed by atoms with Gasteiger partial charge in [0.2, 0.25) is 5.65 Å². The molecule has 0 radical (unpaired) electrons. The zero-order chi connectivity index (χ0) is 15.0. The van der Waals surface area contributed by atoms with Crippen molar-refractivity contribution in [1.29, 1.82) is 0 Å². The number of hydrogen-bond donors (Lipinski definition) is 0. The summed E-state index contributed by atoms with van der Waals surface area (Å²) < 4.78 is 1.30. The first-order chi connectivity index (χ1) is 10.1.